The summed E-state index contributed by atoms with van der Waals surface area (Å²) in [6.45, 7) is 0.539. The highest BCUT2D eigenvalue weighted by molar-refractivity contribution is 6.30. The van der Waals surface area contributed by atoms with Crippen molar-refractivity contribution in [3.8, 4) is 17.4 Å². The van der Waals surface area contributed by atoms with E-state index in [2.05, 4.69) is 4.98 Å². The van der Waals surface area contributed by atoms with Crippen molar-refractivity contribution in [2.24, 2.45) is 0 Å². The number of ether oxygens (including phenoxy) is 2. The topological polar surface area (TPSA) is 31.4 Å². The standard InChI is InChI=1S/C22H16ClNO2/c23-18-7-9-19(10-8-18)26-22-13-6-17-14-20(11-12-21(17)24-22)25-15-16-4-2-1-3-5-16/h1-14H,15H2. The summed E-state index contributed by atoms with van der Waals surface area (Å²) >= 11 is 5.89. The van der Waals surface area contributed by atoms with Gasteiger partial charge in [-0.1, -0.05) is 41.9 Å². The third kappa shape index (κ3) is 3.95. The minimum absolute atomic E-state index is 0.539. The number of nitrogens with zero attached hydrogens (tertiary/aromatic N) is 1. The van der Waals surface area contributed by atoms with Gasteiger partial charge in [-0.3, -0.25) is 0 Å². The summed E-state index contributed by atoms with van der Waals surface area (Å²) in [4.78, 5) is 4.54. The Morgan fingerprint density at radius 3 is 2.35 bits per heavy atom. The van der Waals surface area contributed by atoms with Gasteiger partial charge in [0.15, 0.2) is 0 Å². The van der Waals surface area contributed by atoms with Crippen LogP contribution in [-0.2, 0) is 6.61 Å². The summed E-state index contributed by atoms with van der Waals surface area (Å²) in [6, 6.07) is 27.0. The van der Waals surface area contributed by atoms with Crippen LogP contribution in [-0.4, -0.2) is 4.98 Å². The van der Waals surface area contributed by atoms with E-state index < -0.39 is 0 Å². The lowest BCUT2D eigenvalue weighted by atomic mass is 10.2. The number of benzene rings is 3. The molecular weight excluding hydrogens is 346 g/mol. The van der Waals surface area contributed by atoms with E-state index in [0.717, 1.165) is 22.2 Å². The Morgan fingerprint density at radius 2 is 1.54 bits per heavy atom. The fraction of sp³-hybridized carbons (Fsp3) is 0.0455. The third-order valence-corrected chi connectivity index (χ3v) is 4.17. The summed E-state index contributed by atoms with van der Waals surface area (Å²) in [6.07, 6.45) is 0. The Hall–Kier alpha value is -3.04. The minimum Gasteiger partial charge on any atom is -0.489 e. The molecule has 0 aliphatic heterocycles. The normalized spacial score (nSPS) is 10.7. The molecule has 0 spiro atoms. The van der Waals surface area contributed by atoms with Crippen LogP contribution in [0.15, 0.2) is 84.9 Å². The van der Waals surface area contributed by atoms with Gasteiger partial charge in [-0.15, -0.1) is 0 Å². The van der Waals surface area contributed by atoms with E-state index in [1.807, 2.05) is 72.8 Å². The van der Waals surface area contributed by atoms with E-state index in [4.69, 9.17) is 21.1 Å². The lowest BCUT2D eigenvalue weighted by Gasteiger charge is -2.09. The van der Waals surface area contributed by atoms with Gasteiger partial charge in [0.2, 0.25) is 5.88 Å². The monoisotopic (exact) mass is 361 g/mol. The quantitative estimate of drug-likeness (QED) is 0.420. The molecule has 0 fully saturated rings. The molecule has 0 bridgehead atoms. The number of halogens is 1. The Bertz CT molecular complexity index is 1020. The van der Waals surface area contributed by atoms with Gasteiger partial charge in [0.25, 0.3) is 0 Å². The highest BCUT2D eigenvalue weighted by atomic mass is 35.5. The van der Waals surface area contributed by atoms with Crippen LogP contribution in [0.2, 0.25) is 5.02 Å². The molecule has 1 heterocycles. The maximum absolute atomic E-state index is 5.89. The first-order chi connectivity index (χ1) is 12.8. The zero-order valence-electron chi connectivity index (χ0n) is 13.9. The number of hydrogen-bond acceptors (Lipinski definition) is 3. The molecule has 4 aromatic rings. The third-order valence-electron chi connectivity index (χ3n) is 3.92. The first-order valence-corrected chi connectivity index (χ1v) is 8.65. The van der Waals surface area contributed by atoms with Crippen LogP contribution in [0.1, 0.15) is 5.56 Å². The summed E-state index contributed by atoms with van der Waals surface area (Å²) in [5, 5.41) is 1.67. The van der Waals surface area contributed by atoms with Gasteiger partial charge < -0.3 is 9.47 Å². The van der Waals surface area contributed by atoms with Crippen LogP contribution in [0.4, 0.5) is 0 Å². The van der Waals surface area contributed by atoms with Crippen LogP contribution in [0, 0.1) is 0 Å². The molecule has 0 aliphatic rings. The van der Waals surface area contributed by atoms with Crippen molar-refractivity contribution >= 4 is 22.5 Å². The smallest absolute Gasteiger partial charge is 0.219 e. The van der Waals surface area contributed by atoms with Crippen LogP contribution in [0.3, 0.4) is 0 Å². The van der Waals surface area contributed by atoms with E-state index in [0.29, 0.717) is 23.3 Å². The van der Waals surface area contributed by atoms with E-state index >= 15 is 0 Å². The van der Waals surface area contributed by atoms with E-state index in [9.17, 15) is 0 Å². The molecule has 3 aromatic carbocycles. The molecule has 26 heavy (non-hydrogen) atoms. The van der Waals surface area contributed by atoms with Gasteiger partial charge in [0, 0.05) is 16.5 Å². The Morgan fingerprint density at radius 1 is 0.769 bits per heavy atom. The van der Waals surface area contributed by atoms with Crippen molar-refractivity contribution < 1.29 is 9.47 Å². The van der Waals surface area contributed by atoms with E-state index in [-0.39, 0.29) is 0 Å². The second-order valence-electron chi connectivity index (χ2n) is 5.83. The Balaban J connectivity index is 1.49. The number of hydrogen-bond donors (Lipinski definition) is 0. The fourth-order valence-electron chi connectivity index (χ4n) is 2.60. The first kappa shape index (κ1) is 16.4. The molecule has 0 amide bonds. The number of pyridine rings is 1. The molecule has 4 rings (SSSR count). The molecule has 0 saturated heterocycles. The Kier molecular flexibility index (Phi) is 4.71. The second kappa shape index (κ2) is 7.46. The second-order valence-corrected chi connectivity index (χ2v) is 6.27. The van der Waals surface area contributed by atoms with Gasteiger partial charge >= 0.3 is 0 Å². The molecule has 0 radical (unpaired) electrons. The van der Waals surface area contributed by atoms with Gasteiger partial charge in [-0.25, -0.2) is 4.98 Å². The summed E-state index contributed by atoms with van der Waals surface area (Å²) < 4.78 is 11.6. The zero-order chi connectivity index (χ0) is 17.8. The Labute approximate surface area is 156 Å². The van der Waals surface area contributed by atoms with Crippen molar-refractivity contribution in [3.05, 3.63) is 95.5 Å². The van der Waals surface area contributed by atoms with Crippen LogP contribution in [0.5, 0.6) is 17.4 Å². The van der Waals surface area contributed by atoms with Crippen LogP contribution < -0.4 is 9.47 Å². The highest BCUT2D eigenvalue weighted by Gasteiger charge is 2.04. The average molecular weight is 362 g/mol. The predicted octanol–water partition coefficient (Wildman–Crippen LogP) is 6.26. The SMILES string of the molecule is Clc1ccc(Oc2ccc3cc(OCc4ccccc4)ccc3n2)cc1. The number of rotatable bonds is 5. The maximum atomic E-state index is 5.89. The van der Waals surface area contributed by atoms with Gasteiger partial charge in [0.05, 0.1) is 5.52 Å². The molecule has 0 aliphatic carbocycles. The van der Waals surface area contributed by atoms with Gasteiger partial charge in [0.1, 0.15) is 18.1 Å². The predicted molar refractivity (Wildman–Crippen MR) is 104 cm³/mol. The van der Waals surface area contributed by atoms with Crippen molar-refractivity contribution in [2.45, 2.75) is 6.61 Å². The van der Waals surface area contributed by atoms with Crippen LogP contribution >= 0.6 is 11.6 Å². The maximum Gasteiger partial charge on any atom is 0.219 e. The zero-order valence-corrected chi connectivity index (χ0v) is 14.7. The first-order valence-electron chi connectivity index (χ1n) is 8.27. The summed E-state index contributed by atoms with van der Waals surface area (Å²) in [5.41, 5.74) is 1.99. The molecule has 4 heteroatoms. The van der Waals surface area contributed by atoms with Crippen molar-refractivity contribution in [3.63, 3.8) is 0 Å². The van der Waals surface area contributed by atoms with E-state index in [1.54, 1.807) is 12.1 Å². The van der Waals surface area contributed by atoms with Crippen molar-refractivity contribution in [2.75, 3.05) is 0 Å². The molecule has 0 saturated carbocycles. The van der Waals surface area contributed by atoms with E-state index in [1.165, 1.54) is 0 Å². The summed E-state index contributed by atoms with van der Waals surface area (Å²) in [5.74, 6) is 2.05. The molecule has 128 valence electrons. The largest absolute Gasteiger partial charge is 0.489 e. The molecule has 1 aromatic heterocycles. The lowest BCUT2D eigenvalue weighted by molar-refractivity contribution is 0.306. The lowest BCUT2D eigenvalue weighted by Crippen LogP contribution is -1.95. The van der Waals surface area contributed by atoms with Crippen molar-refractivity contribution in [1.82, 2.24) is 4.98 Å². The number of aromatic nitrogens is 1. The number of fused-ring (bicyclic) bond motifs is 1. The van der Waals surface area contributed by atoms with Gasteiger partial charge in [-0.2, -0.15) is 0 Å². The molecule has 0 N–H and O–H groups in total. The molecule has 0 atom stereocenters. The van der Waals surface area contributed by atoms with Crippen molar-refractivity contribution in [1.29, 1.82) is 0 Å². The molecule has 0 unspecified atom stereocenters. The molecular formula is C22H16ClNO2. The fourth-order valence-corrected chi connectivity index (χ4v) is 2.72. The highest BCUT2D eigenvalue weighted by Crippen LogP contribution is 2.26. The van der Waals surface area contributed by atoms with Gasteiger partial charge in [-0.05, 0) is 54.1 Å². The average Bonchev–Trinajstić information content (AvgIpc) is 2.69. The molecule has 3 nitrogen and oxygen atoms in total. The van der Waals surface area contributed by atoms with Crippen LogP contribution in [0.25, 0.3) is 10.9 Å². The minimum atomic E-state index is 0.539. The summed E-state index contributed by atoms with van der Waals surface area (Å²) in [7, 11) is 0.